The Bertz CT molecular complexity index is 767. The van der Waals surface area contributed by atoms with Gasteiger partial charge in [0.05, 0.1) is 17.5 Å². The second-order valence-corrected chi connectivity index (χ2v) is 6.21. The number of hydrogen-bond acceptors (Lipinski definition) is 4. The quantitative estimate of drug-likeness (QED) is 0.869. The molecule has 2 atom stereocenters. The fourth-order valence-electron chi connectivity index (χ4n) is 2.94. The van der Waals surface area contributed by atoms with Crippen molar-refractivity contribution in [2.45, 2.75) is 33.2 Å². The van der Waals surface area contributed by atoms with E-state index in [0.717, 1.165) is 22.8 Å². The van der Waals surface area contributed by atoms with Gasteiger partial charge in [-0.25, -0.2) is 9.67 Å². The lowest BCUT2D eigenvalue weighted by molar-refractivity contribution is -0.152. The highest BCUT2D eigenvalue weighted by Gasteiger charge is 2.41. The Hall–Kier alpha value is -2.70. The number of aliphatic carboxylic acids is 1. The third kappa shape index (κ3) is 3.15. The second kappa shape index (κ2) is 6.43. The number of nitrogens with zero attached hydrogens (tertiary/aromatic N) is 3. The van der Waals surface area contributed by atoms with E-state index in [2.05, 4.69) is 15.4 Å². The maximum atomic E-state index is 12.0. The number of carbonyl (C=O) groups is 2. The molecule has 7 nitrogen and oxygen atoms in total. The van der Waals surface area contributed by atoms with Gasteiger partial charge in [-0.15, -0.1) is 0 Å². The largest absolute Gasteiger partial charge is 0.481 e. The average Bonchev–Trinajstić information content (AvgIpc) is 2.82. The van der Waals surface area contributed by atoms with Crippen LogP contribution in [-0.4, -0.2) is 31.7 Å². The Morgan fingerprint density at radius 1 is 1.29 bits per heavy atom. The van der Waals surface area contributed by atoms with Crippen LogP contribution in [0.25, 0.3) is 5.82 Å². The summed E-state index contributed by atoms with van der Waals surface area (Å²) in [4.78, 5) is 27.4. The Kier molecular flexibility index (Phi) is 4.33. The number of aryl methyl sites for hydroxylation is 2. The zero-order chi connectivity index (χ0) is 17.3. The zero-order valence-corrected chi connectivity index (χ0v) is 13.7. The number of amides is 1. The van der Waals surface area contributed by atoms with E-state index < -0.39 is 17.8 Å². The van der Waals surface area contributed by atoms with Gasteiger partial charge in [-0.2, -0.15) is 5.10 Å². The van der Waals surface area contributed by atoms with Crippen molar-refractivity contribution >= 4 is 11.9 Å². The highest BCUT2D eigenvalue weighted by molar-refractivity contribution is 5.86. The molecule has 0 aliphatic heterocycles. The van der Waals surface area contributed by atoms with Crippen molar-refractivity contribution < 1.29 is 14.7 Å². The molecule has 3 rings (SSSR count). The number of carboxylic acids is 1. The topological polar surface area (TPSA) is 97.1 Å². The molecule has 0 spiro atoms. The number of hydrogen-bond donors (Lipinski definition) is 2. The summed E-state index contributed by atoms with van der Waals surface area (Å²) < 4.78 is 1.77. The summed E-state index contributed by atoms with van der Waals surface area (Å²) in [5, 5.41) is 16.2. The molecule has 0 saturated heterocycles. The number of nitrogens with one attached hydrogen (secondary N) is 1. The molecule has 1 aliphatic carbocycles. The zero-order valence-electron chi connectivity index (χ0n) is 13.7. The third-order valence-corrected chi connectivity index (χ3v) is 4.43. The van der Waals surface area contributed by atoms with Crippen LogP contribution < -0.4 is 5.32 Å². The molecule has 0 radical (unpaired) electrons. The van der Waals surface area contributed by atoms with Crippen LogP contribution in [0.15, 0.2) is 24.4 Å². The highest BCUT2D eigenvalue weighted by Crippen LogP contribution is 2.34. The van der Waals surface area contributed by atoms with E-state index in [-0.39, 0.29) is 5.91 Å². The van der Waals surface area contributed by atoms with E-state index in [0.29, 0.717) is 19.4 Å². The molecule has 2 aromatic heterocycles. The lowest BCUT2D eigenvalue weighted by atomic mass is 9.73. The van der Waals surface area contributed by atoms with Crippen LogP contribution in [0.3, 0.4) is 0 Å². The van der Waals surface area contributed by atoms with Crippen molar-refractivity contribution in [2.24, 2.45) is 11.8 Å². The predicted molar refractivity (Wildman–Crippen MR) is 86.5 cm³/mol. The van der Waals surface area contributed by atoms with E-state index in [9.17, 15) is 9.59 Å². The molecule has 7 heteroatoms. The lowest BCUT2D eigenvalue weighted by Gasteiger charge is -2.31. The molecule has 1 fully saturated rings. The standard InChI is InChI=1S/C17H20N4O3/c1-10-7-11(2)21(20-10)15-6-3-12(8-18-15)9-19-16(22)13-4-5-14(13)17(23)24/h3,6-8,13-14H,4-5,9H2,1-2H3,(H,19,22)(H,23,24). The van der Waals surface area contributed by atoms with Crippen LogP contribution in [-0.2, 0) is 16.1 Å². The number of carboxylic acid groups (broad SMARTS) is 1. The van der Waals surface area contributed by atoms with Crippen molar-refractivity contribution in [3.8, 4) is 5.82 Å². The first-order valence-corrected chi connectivity index (χ1v) is 7.95. The van der Waals surface area contributed by atoms with Gasteiger partial charge in [0.15, 0.2) is 5.82 Å². The normalized spacial score (nSPS) is 19.6. The van der Waals surface area contributed by atoms with Gasteiger partial charge < -0.3 is 10.4 Å². The van der Waals surface area contributed by atoms with Crippen LogP contribution >= 0.6 is 0 Å². The highest BCUT2D eigenvalue weighted by atomic mass is 16.4. The number of aromatic nitrogens is 3. The molecule has 0 aromatic carbocycles. The minimum Gasteiger partial charge on any atom is -0.481 e. The van der Waals surface area contributed by atoms with Crippen LogP contribution in [0.5, 0.6) is 0 Å². The monoisotopic (exact) mass is 328 g/mol. The van der Waals surface area contributed by atoms with Crippen LogP contribution in [0, 0.1) is 25.7 Å². The molecule has 24 heavy (non-hydrogen) atoms. The van der Waals surface area contributed by atoms with Gasteiger partial charge in [0.2, 0.25) is 5.91 Å². The summed E-state index contributed by atoms with van der Waals surface area (Å²) in [6.07, 6.45) is 2.91. The van der Waals surface area contributed by atoms with Gasteiger partial charge in [0, 0.05) is 18.4 Å². The van der Waals surface area contributed by atoms with Gasteiger partial charge in [-0.1, -0.05) is 6.07 Å². The Morgan fingerprint density at radius 2 is 2.04 bits per heavy atom. The smallest absolute Gasteiger partial charge is 0.307 e. The molecule has 126 valence electrons. The molecule has 1 saturated carbocycles. The molecule has 2 N–H and O–H groups in total. The number of rotatable bonds is 5. The number of carbonyl (C=O) groups excluding carboxylic acids is 1. The van der Waals surface area contributed by atoms with Crippen molar-refractivity contribution in [1.29, 1.82) is 0 Å². The van der Waals surface area contributed by atoms with E-state index in [1.54, 1.807) is 10.9 Å². The summed E-state index contributed by atoms with van der Waals surface area (Å²) in [6, 6.07) is 5.71. The molecule has 2 unspecified atom stereocenters. The Labute approximate surface area is 139 Å². The molecular weight excluding hydrogens is 308 g/mol. The summed E-state index contributed by atoms with van der Waals surface area (Å²) in [5.41, 5.74) is 2.80. The molecule has 2 heterocycles. The first-order chi connectivity index (χ1) is 11.5. The van der Waals surface area contributed by atoms with Crippen molar-refractivity contribution in [3.63, 3.8) is 0 Å². The maximum absolute atomic E-state index is 12.0. The predicted octanol–water partition coefficient (Wildman–Crippen LogP) is 1.61. The van der Waals surface area contributed by atoms with Gasteiger partial charge in [0.25, 0.3) is 0 Å². The van der Waals surface area contributed by atoms with Crippen molar-refractivity contribution in [1.82, 2.24) is 20.1 Å². The Morgan fingerprint density at radius 3 is 2.54 bits per heavy atom. The van der Waals surface area contributed by atoms with Crippen molar-refractivity contribution in [3.05, 3.63) is 41.3 Å². The van der Waals surface area contributed by atoms with Gasteiger partial charge >= 0.3 is 5.97 Å². The molecule has 2 aromatic rings. The minimum atomic E-state index is -0.891. The summed E-state index contributed by atoms with van der Waals surface area (Å²) in [7, 11) is 0. The van der Waals surface area contributed by atoms with E-state index in [4.69, 9.17) is 5.11 Å². The van der Waals surface area contributed by atoms with Crippen molar-refractivity contribution in [2.75, 3.05) is 0 Å². The lowest BCUT2D eigenvalue weighted by Crippen LogP contribution is -2.43. The molecule has 1 aliphatic rings. The average molecular weight is 328 g/mol. The van der Waals surface area contributed by atoms with E-state index >= 15 is 0 Å². The summed E-state index contributed by atoms with van der Waals surface area (Å²) in [5.74, 6) is -1.32. The fourth-order valence-corrected chi connectivity index (χ4v) is 2.94. The Balaban J connectivity index is 1.60. The van der Waals surface area contributed by atoms with Crippen LogP contribution in [0.2, 0.25) is 0 Å². The molecular formula is C17H20N4O3. The van der Waals surface area contributed by atoms with Gasteiger partial charge in [0.1, 0.15) is 0 Å². The van der Waals surface area contributed by atoms with E-state index in [1.165, 1.54) is 0 Å². The first kappa shape index (κ1) is 16.2. The minimum absolute atomic E-state index is 0.198. The third-order valence-electron chi connectivity index (χ3n) is 4.43. The van der Waals surface area contributed by atoms with Gasteiger partial charge in [-0.05, 0) is 44.4 Å². The second-order valence-electron chi connectivity index (χ2n) is 6.21. The number of pyridine rings is 1. The molecule has 1 amide bonds. The van der Waals surface area contributed by atoms with Gasteiger partial charge in [-0.3, -0.25) is 9.59 Å². The maximum Gasteiger partial charge on any atom is 0.307 e. The summed E-state index contributed by atoms with van der Waals surface area (Å²) in [6.45, 7) is 4.23. The van der Waals surface area contributed by atoms with E-state index in [1.807, 2.05) is 32.0 Å². The summed E-state index contributed by atoms with van der Waals surface area (Å²) >= 11 is 0. The first-order valence-electron chi connectivity index (χ1n) is 7.95. The molecule has 0 bridgehead atoms. The van der Waals surface area contributed by atoms with Crippen LogP contribution in [0.4, 0.5) is 0 Å². The fraction of sp³-hybridized carbons (Fsp3) is 0.412. The SMILES string of the molecule is Cc1cc(C)n(-c2ccc(CNC(=O)C3CCC3C(=O)O)cn2)n1. The van der Waals surface area contributed by atoms with Crippen LogP contribution in [0.1, 0.15) is 29.8 Å².